The minimum Gasteiger partial charge on any atom is -0.378 e. The summed E-state index contributed by atoms with van der Waals surface area (Å²) in [5.41, 5.74) is 8.47. The van der Waals surface area contributed by atoms with Crippen molar-refractivity contribution in [1.82, 2.24) is 0 Å². The highest BCUT2D eigenvalue weighted by molar-refractivity contribution is 5.52. The number of nitrogens with one attached hydrogen (secondary N) is 1. The summed E-state index contributed by atoms with van der Waals surface area (Å²) in [5.74, 6) is 0.752. The number of benzene rings is 1. The van der Waals surface area contributed by atoms with Crippen molar-refractivity contribution in [3.05, 3.63) is 29.8 Å². The van der Waals surface area contributed by atoms with Gasteiger partial charge in [-0.1, -0.05) is 18.2 Å². The fraction of sp³-hybridized carbons (Fsp3) is 0.538. The number of hydrogen-bond donors (Lipinski definition) is 2. The predicted molar refractivity (Wildman–Crippen MR) is 65.0 cm³/mol. The zero-order valence-electron chi connectivity index (χ0n) is 9.59. The molecule has 0 aromatic heterocycles. The minimum absolute atomic E-state index is 0.0755. The van der Waals surface area contributed by atoms with Crippen LogP contribution in [-0.4, -0.2) is 12.1 Å². The van der Waals surface area contributed by atoms with Gasteiger partial charge in [0.05, 0.1) is 0 Å². The van der Waals surface area contributed by atoms with Crippen molar-refractivity contribution in [3.8, 4) is 0 Å². The molecule has 0 aliphatic heterocycles. The Hall–Kier alpha value is -1.02. The van der Waals surface area contributed by atoms with Gasteiger partial charge < -0.3 is 11.1 Å². The highest BCUT2D eigenvalue weighted by Crippen LogP contribution is 2.41. The lowest BCUT2D eigenvalue weighted by atomic mass is 9.95. The van der Waals surface area contributed by atoms with E-state index in [4.69, 9.17) is 5.73 Å². The van der Waals surface area contributed by atoms with E-state index in [0.717, 1.165) is 5.92 Å². The second-order valence-corrected chi connectivity index (χ2v) is 4.84. The first-order valence-corrected chi connectivity index (χ1v) is 5.69. The molecule has 0 spiro atoms. The van der Waals surface area contributed by atoms with Gasteiger partial charge in [0.1, 0.15) is 0 Å². The SMILES string of the molecule is Cc1ccccc1NC(C)(CN)C1CC1. The van der Waals surface area contributed by atoms with Gasteiger partial charge in [-0.2, -0.15) is 0 Å². The average Bonchev–Trinajstić information content (AvgIpc) is 3.05. The number of para-hydroxylation sites is 1. The molecular weight excluding hydrogens is 184 g/mol. The van der Waals surface area contributed by atoms with Crippen LogP contribution in [0.2, 0.25) is 0 Å². The van der Waals surface area contributed by atoms with Gasteiger partial charge >= 0.3 is 0 Å². The van der Waals surface area contributed by atoms with Crippen molar-refractivity contribution in [3.63, 3.8) is 0 Å². The van der Waals surface area contributed by atoms with E-state index in [0.29, 0.717) is 6.54 Å². The Bertz CT molecular complexity index is 344. The fourth-order valence-corrected chi connectivity index (χ4v) is 2.06. The Morgan fingerprint density at radius 3 is 2.60 bits per heavy atom. The van der Waals surface area contributed by atoms with E-state index in [1.54, 1.807) is 0 Å². The smallest absolute Gasteiger partial charge is 0.0495 e. The van der Waals surface area contributed by atoms with E-state index in [2.05, 4.69) is 43.4 Å². The van der Waals surface area contributed by atoms with Gasteiger partial charge in [0.2, 0.25) is 0 Å². The molecule has 1 aliphatic rings. The highest BCUT2D eigenvalue weighted by atomic mass is 15.0. The van der Waals surface area contributed by atoms with Crippen LogP contribution >= 0.6 is 0 Å². The molecule has 1 atom stereocenters. The maximum Gasteiger partial charge on any atom is 0.0495 e. The fourth-order valence-electron chi connectivity index (χ4n) is 2.06. The third-order valence-electron chi connectivity index (χ3n) is 3.47. The molecule has 0 saturated heterocycles. The first kappa shape index (κ1) is 10.5. The second kappa shape index (κ2) is 3.86. The van der Waals surface area contributed by atoms with Crippen LogP contribution in [0.1, 0.15) is 25.3 Å². The Morgan fingerprint density at radius 1 is 1.40 bits per heavy atom. The number of hydrogen-bond acceptors (Lipinski definition) is 2. The van der Waals surface area contributed by atoms with Crippen LogP contribution in [0.15, 0.2) is 24.3 Å². The van der Waals surface area contributed by atoms with E-state index in [-0.39, 0.29) is 5.54 Å². The van der Waals surface area contributed by atoms with Crippen LogP contribution < -0.4 is 11.1 Å². The molecule has 82 valence electrons. The summed E-state index contributed by atoms with van der Waals surface area (Å²) in [7, 11) is 0. The first-order valence-electron chi connectivity index (χ1n) is 5.69. The van der Waals surface area contributed by atoms with Crippen LogP contribution in [0.5, 0.6) is 0 Å². The second-order valence-electron chi connectivity index (χ2n) is 4.84. The van der Waals surface area contributed by atoms with E-state index >= 15 is 0 Å². The van der Waals surface area contributed by atoms with E-state index in [1.165, 1.54) is 24.1 Å². The molecule has 1 fully saturated rings. The van der Waals surface area contributed by atoms with Crippen molar-refractivity contribution >= 4 is 5.69 Å². The molecule has 1 aromatic carbocycles. The third kappa shape index (κ3) is 2.15. The maximum absolute atomic E-state index is 5.88. The van der Waals surface area contributed by atoms with Crippen molar-refractivity contribution < 1.29 is 0 Å². The summed E-state index contributed by atoms with van der Waals surface area (Å²) in [6, 6.07) is 8.40. The van der Waals surface area contributed by atoms with Crippen LogP contribution in [0.3, 0.4) is 0 Å². The molecule has 0 amide bonds. The summed E-state index contributed by atoms with van der Waals surface area (Å²) < 4.78 is 0. The van der Waals surface area contributed by atoms with Gasteiger partial charge in [0.25, 0.3) is 0 Å². The van der Waals surface area contributed by atoms with Crippen molar-refractivity contribution in [2.24, 2.45) is 11.7 Å². The summed E-state index contributed by atoms with van der Waals surface area (Å²) in [4.78, 5) is 0. The molecule has 1 saturated carbocycles. The van der Waals surface area contributed by atoms with Crippen LogP contribution in [0, 0.1) is 12.8 Å². The zero-order chi connectivity index (χ0) is 10.9. The molecule has 0 radical (unpaired) electrons. The predicted octanol–water partition coefficient (Wildman–Crippen LogP) is 2.53. The third-order valence-corrected chi connectivity index (χ3v) is 3.47. The molecule has 2 nitrogen and oxygen atoms in total. The topological polar surface area (TPSA) is 38.0 Å². The number of rotatable bonds is 4. The van der Waals surface area contributed by atoms with Crippen molar-refractivity contribution in [2.45, 2.75) is 32.2 Å². The molecule has 3 N–H and O–H groups in total. The van der Waals surface area contributed by atoms with Gasteiger partial charge in [0.15, 0.2) is 0 Å². The molecule has 2 heteroatoms. The molecule has 15 heavy (non-hydrogen) atoms. The Kier molecular flexibility index (Phi) is 2.70. The standard InChI is InChI=1S/C13H20N2/c1-10-5-3-4-6-12(10)15-13(2,9-14)11-7-8-11/h3-6,11,15H,7-9,14H2,1-2H3. The minimum atomic E-state index is 0.0755. The largest absolute Gasteiger partial charge is 0.378 e. The van der Waals surface area contributed by atoms with E-state index < -0.39 is 0 Å². The lowest BCUT2D eigenvalue weighted by molar-refractivity contribution is 0.459. The molecule has 1 aliphatic carbocycles. The Morgan fingerprint density at radius 2 is 2.07 bits per heavy atom. The van der Waals surface area contributed by atoms with Crippen molar-refractivity contribution in [1.29, 1.82) is 0 Å². The molecule has 0 heterocycles. The van der Waals surface area contributed by atoms with Gasteiger partial charge in [0, 0.05) is 17.8 Å². The quantitative estimate of drug-likeness (QED) is 0.791. The summed E-state index contributed by atoms with van der Waals surface area (Å²) in [5, 5.41) is 3.61. The number of anilines is 1. The maximum atomic E-state index is 5.88. The number of aryl methyl sites for hydroxylation is 1. The normalized spacial score (nSPS) is 19.7. The monoisotopic (exact) mass is 204 g/mol. The van der Waals surface area contributed by atoms with E-state index in [1.807, 2.05) is 0 Å². The van der Waals surface area contributed by atoms with Crippen LogP contribution in [0.4, 0.5) is 5.69 Å². The first-order chi connectivity index (χ1) is 7.15. The molecular formula is C13H20N2. The summed E-state index contributed by atoms with van der Waals surface area (Å²) >= 11 is 0. The average molecular weight is 204 g/mol. The molecule has 1 unspecified atom stereocenters. The number of nitrogens with two attached hydrogens (primary N) is 1. The lowest BCUT2D eigenvalue weighted by Gasteiger charge is -2.31. The molecule has 1 aromatic rings. The molecule has 0 bridgehead atoms. The van der Waals surface area contributed by atoms with E-state index in [9.17, 15) is 0 Å². The summed E-state index contributed by atoms with van der Waals surface area (Å²) in [6.45, 7) is 5.06. The Labute approximate surface area is 91.9 Å². The Balaban J connectivity index is 2.16. The lowest BCUT2D eigenvalue weighted by Crippen LogP contribution is -2.44. The van der Waals surface area contributed by atoms with Gasteiger partial charge in [-0.15, -0.1) is 0 Å². The van der Waals surface area contributed by atoms with Crippen LogP contribution in [0.25, 0.3) is 0 Å². The zero-order valence-corrected chi connectivity index (χ0v) is 9.59. The highest BCUT2D eigenvalue weighted by Gasteiger charge is 2.40. The summed E-state index contributed by atoms with van der Waals surface area (Å²) in [6.07, 6.45) is 2.62. The van der Waals surface area contributed by atoms with Gasteiger partial charge in [-0.25, -0.2) is 0 Å². The van der Waals surface area contributed by atoms with Crippen LogP contribution in [-0.2, 0) is 0 Å². The van der Waals surface area contributed by atoms with Gasteiger partial charge in [-0.05, 0) is 44.2 Å². The molecule has 2 rings (SSSR count). The van der Waals surface area contributed by atoms with Gasteiger partial charge in [-0.3, -0.25) is 0 Å². The van der Waals surface area contributed by atoms with Crippen molar-refractivity contribution in [2.75, 3.05) is 11.9 Å².